The summed E-state index contributed by atoms with van der Waals surface area (Å²) in [6, 6.07) is 14.3. The Morgan fingerprint density at radius 2 is 1.68 bits per heavy atom. The Bertz CT molecular complexity index is 763. The standard InChI is InChI=1S/C23H30N2O3/c1-17-4-6-20(7-5-17)22(15-25-8-10-27-11-9-25)24-23(26)16-28-21-13-18(2)12-19(3)14-21/h4-7,12-14,22H,8-11,15-16H2,1-3H3,(H,24,26)/t22-/m0/s1. The van der Waals surface area contributed by atoms with Crippen LogP contribution in [0.25, 0.3) is 0 Å². The van der Waals surface area contributed by atoms with Gasteiger partial charge in [-0.15, -0.1) is 0 Å². The van der Waals surface area contributed by atoms with Crippen LogP contribution in [0.1, 0.15) is 28.3 Å². The summed E-state index contributed by atoms with van der Waals surface area (Å²) in [7, 11) is 0. The van der Waals surface area contributed by atoms with Crippen LogP contribution in [0.4, 0.5) is 0 Å². The number of carbonyl (C=O) groups excluding carboxylic acids is 1. The SMILES string of the molecule is Cc1ccc([C@H](CN2CCOCC2)NC(=O)COc2cc(C)cc(C)c2)cc1. The lowest BCUT2D eigenvalue weighted by Gasteiger charge is -2.31. The molecule has 0 bridgehead atoms. The van der Waals surface area contributed by atoms with Crippen molar-refractivity contribution in [2.75, 3.05) is 39.5 Å². The number of nitrogens with one attached hydrogen (secondary N) is 1. The lowest BCUT2D eigenvalue weighted by molar-refractivity contribution is -0.124. The molecule has 0 aliphatic carbocycles. The first-order valence-electron chi connectivity index (χ1n) is 9.87. The fraction of sp³-hybridized carbons (Fsp3) is 0.435. The molecule has 1 aliphatic heterocycles. The van der Waals surface area contributed by atoms with Crippen LogP contribution in [-0.4, -0.2) is 50.3 Å². The maximum absolute atomic E-state index is 12.6. The Labute approximate surface area is 167 Å². The van der Waals surface area contributed by atoms with Crippen LogP contribution in [0.3, 0.4) is 0 Å². The molecule has 0 aromatic heterocycles. The first-order valence-corrected chi connectivity index (χ1v) is 9.87. The van der Waals surface area contributed by atoms with Gasteiger partial charge in [-0.2, -0.15) is 0 Å². The van der Waals surface area contributed by atoms with Crippen molar-refractivity contribution in [3.05, 3.63) is 64.7 Å². The smallest absolute Gasteiger partial charge is 0.258 e. The Morgan fingerprint density at radius 1 is 1.04 bits per heavy atom. The van der Waals surface area contributed by atoms with Crippen LogP contribution in [-0.2, 0) is 9.53 Å². The van der Waals surface area contributed by atoms with Gasteiger partial charge in [0.1, 0.15) is 5.75 Å². The summed E-state index contributed by atoms with van der Waals surface area (Å²) >= 11 is 0. The van der Waals surface area contributed by atoms with E-state index in [4.69, 9.17) is 9.47 Å². The third-order valence-corrected chi connectivity index (χ3v) is 4.92. The van der Waals surface area contributed by atoms with Crippen LogP contribution >= 0.6 is 0 Å². The molecule has 0 radical (unpaired) electrons. The largest absolute Gasteiger partial charge is 0.484 e. The molecule has 1 heterocycles. The highest BCUT2D eigenvalue weighted by atomic mass is 16.5. The molecule has 1 atom stereocenters. The van der Waals surface area contributed by atoms with Crippen molar-refractivity contribution in [2.45, 2.75) is 26.8 Å². The van der Waals surface area contributed by atoms with E-state index in [-0.39, 0.29) is 18.6 Å². The molecule has 5 heteroatoms. The number of hydrogen-bond acceptors (Lipinski definition) is 4. The predicted octanol–water partition coefficient (Wildman–Crippen LogP) is 3.18. The van der Waals surface area contributed by atoms with E-state index in [2.05, 4.69) is 47.5 Å². The van der Waals surface area contributed by atoms with E-state index in [1.54, 1.807) is 0 Å². The fourth-order valence-corrected chi connectivity index (χ4v) is 3.48. The number of ether oxygens (including phenoxy) is 2. The molecule has 0 unspecified atom stereocenters. The van der Waals surface area contributed by atoms with Gasteiger partial charge < -0.3 is 14.8 Å². The maximum Gasteiger partial charge on any atom is 0.258 e. The second kappa shape index (κ2) is 9.71. The molecule has 2 aromatic rings. The zero-order valence-electron chi connectivity index (χ0n) is 17.0. The number of amides is 1. The number of morpholine rings is 1. The summed E-state index contributed by atoms with van der Waals surface area (Å²) in [5.74, 6) is 0.616. The van der Waals surface area contributed by atoms with Gasteiger partial charge in [0.25, 0.3) is 5.91 Å². The molecule has 0 spiro atoms. The molecule has 28 heavy (non-hydrogen) atoms. The minimum Gasteiger partial charge on any atom is -0.484 e. The van der Waals surface area contributed by atoms with Crippen molar-refractivity contribution in [1.82, 2.24) is 10.2 Å². The first-order chi connectivity index (χ1) is 13.5. The van der Waals surface area contributed by atoms with Crippen molar-refractivity contribution in [3.8, 4) is 5.75 Å². The van der Waals surface area contributed by atoms with Gasteiger partial charge in [-0.3, -0.25) is 9.69 Å². The zero-order chi connectivity index (χ0) is 19.9. The third-order valence-electron chi connectivity index (χ3n) is 4.92. The Balaban J connectivity index is 1.63. The highest BCUT2D eigenvalue weighted by molar-refractivity contribution is 5.78. The van der Waals surface area contributed by atoms with Crippen LogP contribution in [0.2, 0.25) is 0 Å². The second-order valence-corrected chi connectivity index (χ2v) is 7.56. The molecular weight excluding hydrogens is 352 g/mol. The quantitative estimate of drug-likeness (QED) is 0.799. The second-order valence-electron chi connectivity index (χ2n) is 7.56. The maximum atomic E-state index is 12.6. The number of nitrogens with zero attached hydrogens (tertiary/aromatic N) is 1. The summed E-state index contributed by atoms with van der Waals surface area (Å²) in [5, 5.41) is 3.15. The normalized spacial score (nSPS) is 15.8. The highest BCUT2D eigenvalue weighted by Crippen LogP contribution is 2.18. The summed E-state index contributed by atoms with van der Waals surface area (Å²) < 4.78 is 11.2. The summed E-state index contributed by atoms with van der Waals surface area (Å²) in [4.78, 5) is 14.9. The predicted molar refractivity (Wildman–Crippen MR) is 111 cm³/mol. The monoisotopic (exact) mass is 382 g/mol. The topological polar surface area (TPSA) is 50.8 Å². The molecule has 1 fully saturated rings. The number of benzene rings is 2. The summed E-state index contributed by atoms with van der Waals surface area (Å²) in [6.45, 7) is 10.1. The van der Waals surface area contributed by atoms with Crippen molar-refractivity contribution in [3.63, 3.8) is 0 Å². The number of rotatable bonds is 7. The lowest BCUT2D eigenvalue weighted by atomic mass is 10.0. The van der Waals surface area contributed by atoms with Crippen molar-refractivity contribution in [1.29, 1.82) is 0 Å². The lowest BCUT2D eigenvalue weighted by Crippen LogP contribution is -2.44. The Hall–Kier alpha value is -2.37. The van der Waals surface area contributed by atoms with Crippen molar-refractivity contribution in [2.24, 2.45) is 0 Å². The number of hydrogen-bond donors (Lipinski definition) is 1. The van der Waals surface area contributed by atoms with Crippen LogP contribution in [0.5, 0.6) is 5.75 Å². The summed E-state index contributed by atoms with van der Waals surface area (Å²) in [6.07, 6.45) is 0. The highest BCUT2D eigenvalue weighted by Gasteiger charge is 2.20. The number of aryl methyl sites for hydroxylation is 3. The van der Waals surface area contributed by atoms with Crippen molar-refractivity contribution >= 4 is 5.91 Å². The van der Waals surface area contributed by atoms with E-state index in [9.17, 15) is 4.79 Å². The van der Waals surface area contributed by atoms with E-state index in [1.807, 2.05) is 26.0 Å². The number of carbonyl (C=O) groups is 1. The minimum atomic E-state index is -0.113. The molecule has 5 nitrogen and oxygen atoms in total. The van der Waals surface area contributed by atoms with Gasteiger partial charge in [0, 0.05) is 19.6 Å². The molecule has 1 saturated heterocycles. The van der Waals surface area contributed by atoms with Gasteiger partial charge in [0.2, 0.25) is 0 Å². The zero-order valence-corrected chi connectivity index (χ0v) is 17.0. The molecule has 2 aromatic carbocycles. The fourth-order valence-electron chi connectivity index (χ4n) is 3.48. The van der Waals surface area contributed by atoms with Gasteiger partial charge in [0.15, 0.2) is 6.61 Å². The third kappa shape index (κ3) is 6.08. The summed E-state index contributed by atoms with van der Waals surface area (Å²) in [5.41, 5.74) is 4.57. The molecule has 3 rings (SSSR count). The van der Waals surface area contributed by atoms with E-state index in [1.165, 1.54) is 5.56 Å². The molecular formula is C23H30N2O3. The molecule has 1 amide bonds. The molecule has 1 N–H and O–H groups in total. The van der Waals surface area contributed by atoms with Gasteiger partial charge in [-0.05, 0) is 49.6 Å². The molecule has 0 saturated carbocycles. The van der Waals surface area contributed by atoms with Gasteiger partial charge in [0.05, 0.1) is 19.3 Å². The minimum absolute atomic E-state index is 0.00830. The van der Waals surface area contributed by atoms with Crippen molar-refractivity contribution < 1.29 is 14.3 Å². The van der Waals surface area contributed by atoms with E-state index in [0.717, 1.165) is 55.3 Å². The molecule has 150 valence electrons. The first kappa shape index (κ1) is 20.4. The molecule has 1 aliphatic rings. The van der Waals surface area contributed by atoms with Crippen LogP contribution in [0, 0.1) is 20.8 Å². The average molecular weight is 383 g/mol. The Morgan fingerprint density at radius 3 is 2.32 bits per heavy atom. The van der Waals surface area contributed by atoms with Crippen LogP contribution < -0.4 is 10.1 Å². The van der Waals surface area contributed by atoms with Gasteiger partial charge in [-0.25, -0.2) is 0 Å². The van der Waals surface area contributed by atoms with E-state index in [0.29, 0.717) is 0 Å². The van der Waals surface area contributed by atoms with E-state index >= 15 is 0 Å². The van der Waals surface area contributed by atoms with Gasteiger partial charge >= 0.3 is 0 Å². The van der Waals surface area contributed by atoms with Gasteiger partial charge in [-0.1, -0.05) is 35.9 Å². The average Bonchev–Trinajstić information content (AvgIpc) is 2.67. The van der Waals surface area contributed by atoms with E-state index < -0.39 is 0 Å². The Kier molecular flexibility index (Phi) is 7.06. The van der Waals surface area contributed by atoms with Crippen LogP contribution in [0.15, 0.2) is 42.5 Å².